The molecular formula is C8H8ClF2NO. The maximum absolute atomic E-state index is 12.3. The minimum atomic E-state index is -3.60. The minimum Gasteiger partial charge on any atom is -0.385 e. The van der Waals surface area contributed by atoms with Crippen LogP contribution in [0, 0.1) is 0 Å². The normalized spacial score (nSPS) is 14.2. The van der Waals surface area contributed by atoms with E-state index < -0.39 is 11.5 Å². The molecule has 13 heavy (non-hydrogen) atoms. The Labute approximate surface area is 79.2 Å². The average Bonchev–Trinajstić information content (AvgIpc) is 2.04. The molecule has 1 N–H and O–H groups in total. The van der Waals surface area contributed by atoms with Crippen molar-refractivity contribution >= 4 is 11.6 Å². The summed E-state index contributed by atoms with van der Waals surface area (Å²) in [5.74, 6) is 0. The van der Waals surface area contributed by atoms with Gasteiger partial charge in [0.15, 0.2) is 0 Å². The van der Waals surface area contributed by atoms with Crippen molar-refractivity contribution in [3.05, 3.63) is 30.1 Å². The molecule has 0 saturated heterocycles. The second-order valence-corrected chi connectivity index (χ2v) is 3.09. The third-order valence-electron chi connectivity index (χ3n) is 1.51. The van der Waals surface area contributed by atoms with Crippen LogP contribution in [0.4, 0.5) is 8.78 Å². The zero-order valence-corrected chi connectivity index (χ0v) is 7.38. The predicted molar refractivity (Wildman–Crippen MR) is 44.7 cm³/mol. The minimum absolute atomic E-state index is 0.253. The summed E-state index contributed by atoms with van der Waals surface area (Å²) in [5.41, 5.74) is 0.385. The monoisotopic (exact) mass is 207 g/mol. The lowest BCUT2D eigenvalue weighted by molar-refractivity contribution is -0.0402. The van der Waals surface area contributed by atoms with Crippen molar-refractivity contribution in [2.75, 3.05) is 0 Å². The summed E-state index contributed by atoms with van der Waals surface area (Å²) in [6.07, 6.45) is -0.685. The van der Waals surface area contributed by atoms with Crippen LogP contribution in [0.25, 0.3) is 0 Å². The Morgan fingerprint density at radius 3 is 2.69 bits per heavy atom. The van der Waals surface area contributed by atoms with E-state index in [0.29, 0.717) is 5.69 Å². The average molecular weight is 208 g/mol. The van der Waals surface area contributed by atoms with Gasteiger partial charge >= 0.3 is 5.38 Å². The van der Waals surface area contributed by atoms with E-state index in [1.807, 2.05) is 0 Å². The summed E-state index contributed by atoms with van der Waals surface area (Å²) in [5, 5.41) is 5.32. The second kappa shape index (κ2) is 3.98. The van der Waals surface area contributed by atoms with Crippen molar-refractivity contribution in [1.29, 1.82) is 0 Å². The van der Waals surface area contributed by atoms with Crippen molar-refractivity contribution < 1.29 is 13.9 Å². The third-order valence-corrected chi connectivity index (χ3v) is 1.76. The summed E-state index contributed by atoms with van der Waals surface area (Å²) in [4.78, 5) is 3.78. The first-order valence-corrected chi connectivity index (χ1v) is 4.02. The zero-order chi connectivity index (χ0) is 9.90. The van der Waals surface area contributed by atoms with Gasteiger partial charge in [0.2, 0.25) is 0 Å². The van der Waals surface area contributed by atoms with Gasteiger partial charge in [-0.2, -0.15) is 8.78 Å². The first-order chi connectivity index (χ1) is 6.00. The number of pyridine rings is 1. The molecule has 0 aliphatic carbocycles. The molecule has 0 aromatic carbocycles. The predicted octanol–water partition coefficient (Wildman–Crippen LogP) is 1.82. The standard InChI is InChI=1S/C8H8ClF2NO/c9-8(10,11)7(13)5-6-3-1-2-4-12-6/h1-4,7,13H,5H2. The summed E-state index contributed by atoms with van der Waals surface area (Å²) in [6, 6.07) is 4.86. The molecule has 2 nitrogen and oxygen atoms in total. The van der Waals surface area contributed by atoms with E-state index in [0.717, 1.165) is 0 Å². The third kappa shape index (κ3) is 3.24. The Bertz CT molecular complexity index is 263. The molecule has 0 radical (unpaired) electrons. The summed E-state index contributed by atoms with van der Waals surface area (Å²) < 4.78 is 24.6. The lowest BCUT2D eigenvalue weighted by Gasteiger charge is -2.14. The summed E-state index contributed by atoms with van der Waals surface area (Å²) in [7, 11) is 0. The largest absolute Gasteiger partial charge is 0.385 e. The highest BCUT2D eigenvalue weighted by Gasteiger charge is 2.35. The van der Waals surface area contributed by atoms with E-state index in [2.05, 4.69) is 16.6 Å². The van der Waals surface area contributed by atoms with Gasteiger partial charge in [0.25, 0.3) is 0 Å². The highest BCUT2D eigenvalue weighted by molar-refractivity contribution is 6.22. The maximum Gasteiger partial charge on any atom is 0.347 e. The van der Waals surface area contributed by atoms with Crippen LogP contribution in [0.15, 0.2) is 24.4 Å². The van der Waals surface area contributed by atoms with Gasteiger partial charge in [0.1, 0.15) is 6.10 Å². The van der Waals surface area contributed by atoms with E-state index in [-0.39, 0.29) is 6.42 Å². The van der Waals surface area contributed by atoms with Crippen LogP contribution >= 0.6 is 11.6 Å². The molecule has 0 bridgehead atoms. The number of hydrogen-bond donors (Lipinski definition) is 1. The van der Waals surface area contributed by atoms with Crippen LogP contribution in [0.5, 0.6) is 0 Å². The Morgan fingerprint density at radius 2 is 2.23 bits per heavy atom. The smallest absolute Gasteiger partial charge is 0.347 e. The van der Waals surface area contributed by atoms with Gasteiger partial charge in [0, 0.05) is 18.3 Å². The fraction of sp³-hybridized carbons (Fsp3) is 0.375. The number of hydrogen-bond acceptors (Lipinski definition) is 2. The Balaban J connectivity index is 2.61. The molecule has 0 saturated carbocycles. The second-order valence-electron chi connectivity index (χ2n) is 2.58. The fourth-order valence-electron chi connectivity index (χ4n) is 0.833. The molecule has 5 heteroatoms. The Morgan fingerprint density at radius 1 is 1.54 bits per heavy atom. The summed E-state index contributed by atoms with van der Waals surface area (Å²) in [6.45, 7) is 0. The molecule has 1 atom stereocenters. The van der Waals surface area contributed by atoms with Gasteiger partial charge in [-0.15, -0.1) is 0 Å². The maximum atomic E-state index is 12.3. The fourth-order valence-corrected chi connectivity index (χ4v) is 0.910. The number of rotatable bonds is 3. The topological polar surface area (TPSA) is 33.1 Å². The molecule has 0 aliphatic rings. The van der Waals surface area contributed by atoms with Gasteiger partial charge in [-0.25, -0.2) is 0 Å². The lowest BCUT2D eigenvalue weighted by Crippen LogP contribution is -2.29. The van der Waals surface area contributed by atoms with Gasteiger partial charge < -0.3 is 5.11 Å². The first kappa shape index (κ1) is 10.3. The van der Waals surface area contributed by atoms with Gasteiger partial charge in [0.05, 0.1) is 0 Å². The molecule has 0 fully saturated rings. The van der Waals surface area contributed by atoms with Crippen molar-refractivity contribution in [2.24, 2.45) is 0 Å². The van der Waals surface area contributed by atoms with Crippen LogP contribution in [0.3, 0.4) is 0 Å². The Kier molecular flexibility index (Phi) is 3.17. The number of nitrogens with zero attached hydrogens (tertiary/aromatic N) is 1. The molecule has 1 unspecified atom stereocenters. The highest BCUT2D eigenvalue weighted by Crippen LogP contribution is 2.25. The molecular weight excluding hydrogens is 200 g/mol. The lowest BCUT2D eigenvalue weighted by atomic mass is 10.2. The van der Waals surface area contributed by atoms with Crippen LogP contribution in [0.2, 0.25) is 0 Å². The zero-order valence-electron chi connectivity index (χ0n) is 6.62. The van der Waals surface area contributed by atoms with E-state index in [9.17, 15) is 8.78 Å². The number of aliphatic hydroxyl groups is 1. The molecule has 1 rings (SSSR count). The molecule has 1 aromatic rings. The molecule has 0 amide bonds. The molecule has 72 valence electrons. The molecule has 1 aromatic heterocycles. The van der Waals surface area contributed by atoms with Gasteiger partial charge in [-0.3, -0.25) is 4.98 Å². The van der Waals surface area contributed by atoms with Crippen LogP contribution in [0.1, 0.15) is 5.69 Å². The van der Waals surface area contributed by atoms with Gasteiger partial charge in [-0.1, -0.05) is 6.07 Å². The molecule has 1 heterocycles. The van der Waals surface area contributed by atoms with Crippen molar-refractivity contribution in [3.63, 3.8) is 0 Å². The quantitative estimate of drug-likeness (QED) is 0.767. The highest BCUT2D eigenvalue weighted by atomic mass is 35.5. The summed E-state index contributed by atoms with van der Waals surface area (Å²) >= 11 is 4.62. The van der Waals surface area contributed by atoms with Crippen LogP contribution in [-0.2, 0) is 6.42 Å². The van der Waals surface area contributed by atoms with E-state index in [4.69, 9.17) is 5.11 Å². The van der Waals surface area contributed by atoms with Crippen molar-refractivity contribution in [2.45, 2.75) is 17.9 Å². The number of halogens is 3. The van der Waals surface area contributed by atoms with Gasteiger partial charge in [-0.05, 0) is 23.7 Å². The van der Waals surface area contributed by atoms with Crippen LogP contribution < -0.4 is 0 Å². The SMILES string of the molecule is OC(Cc1ccccn1)C(F)(F)Cl. The van der Waals surface area contributed by atoms with Crippen molar-refractivity contribution in [1.82, 2.24) is 4.98 Å². The van der Waals surface area contributed by atoms with E-state index in [1.54, 1.807) is 18.2 Å². The Hall–Kier alpha value is -0.740. The van der Waals surface area contributed by atoms with Crippen LogP contribution in [-0.4, -0.2) is 21.6 Å². The number of aliphatic hydroxyl groups excluding tert-OH is 1. The van der Waals surface area contributed by atoms with E-state index >= 15 is 0 Å². The van der Waals surface area contributed by atoms with E-state index in [1.165, 1.54) is 6.20 Å². The molecule has 0 spiro atoms. The first-order valence-electron chi connectivity index (χ1n) is 3.65. The number of alkyl halides is 3. The molecule has 0 aliphatic heterocycles. The van der Waals surface area contributed by atoms with Crippen molar-refractivity contribution in [3.8, 4) is 0 Å². The number of aromatic nitrogens is 1.